The van der Waals surface area contributed by atoms with Gasteiger partial charge >= 0.3 is 0 Å². The van der Waals surface area contributed by atoms with Gasteiger partial charge in [0.05, 0.1) is 12.2 Å². The third-order valence-corrected chi connectivity index (χ3v) is 3.23. The van der Waals surface area contributed by atoms with Crippen molar-refractivity contribution in [2.24, 2.45) is 0 Å². The molecule has 1 aromatic carbocycles. The summed E-state index contributed by atoms with van der Waals surface area (Å²) in [6, 6.07) is 4.86. The van der Waals surface area contributed by atoms with Gasteiger partial charge in [-0.1, -0.05) is 23.4 Å². The van der Waals surface area contributed by atoms with E-state index in [1.807, 2.05) is 0 Å². The van der Waals surface area contributed by atoms with Crippen LogP contribution in [0.5, 0.6) is 0 Å². The van der Waals surface area contributed by atoms with Gasteiger partial charge in [-0.25, -0.2) is 4.68 Å². The van der Waals surface area contributed by atoms with Crippen molar-refractivity contribution in [3.05, 3.63) is 35.1 Å². The highest BCUT2D eigenvalue weighted by Gasteiger charge is 2.17. The average molecular weight is 339 g/mol. The van der Waals surface area contributed by atoms with Crippen LogP contribution in [-0.2, 0) is 11.3 Å². The van der Waals surface area contributed by atoms with Gasteiger partial charge in [0.25, 0.3) is 0 Å². The summed E-state index contributed by atoms with van der Waals surface area (Å²) in [4.78, 5) is 11.9. The van der Waals surface area contributed by atoms with Gasteiger partial charge in [0, 0.05) is 11.6 Å². The lowest BCUT2D eigenvalue weighted by atomic mass is 10.1. The molecule has 0 bridgehead atoms. The van der Waals surface area contributed by atoms with Crippen molar-refractivity contribution in [2.45, 2.75) is 12.6 Å². The smallest absolute Gasteiger partial charge is 0.249 e. The molecule has 3 rings (SSSR count). The van der Waals surface area contributed by atoms with Crippen molar-refractivity contribution in [3.8, 4) is 17.5 Å². The van der Waals surface area contributed by atoms with Gasteiger partial charge in [-0.15, -0.1) is 17.5 Å². The summed E-state index contributed by atoms with van der Waals surface area (Å²) in [6.45, 7) is 0.847. The highest BCUT2D eigenvalue weighted by molar-refractivity contribution is 6.30. The van der Waals surface area contributed by atoms with E-state index in [1.165, 1.54) is 11.0 Å². The summed E-state index contributed by atoms with van der Waals surface area (Å²) in [7, 11) is 0. The molecular weight excluding hydrogens is 327 g/mol. The molecule has 9 heteroatoms. The van der Waals surface area contributed by atoms with Crippen molar-refractivity contribution in [1.82, 2.24) is 30.8 Å². The zero-order valence-electron chi connectivity index (χ0n) is 11.3. The Kier molecular flexibility index (Phi) is 5.33. The van der Waals surface area contributed by atoms with Crippen LogP contribution in [0.3, 0.4) is 0 Å². The van der Waals surface area contributed by atoms with Gasteiger partial charge in [0.15, 0.2) is 0 Å². The van der Waals surface area contributed by atoms with Gasteiger partial charge in [0.2, 0.25) is 5.91 Å². The Morgan fingerprint density at radius 2 is 2.41 bits per heavy atom. The van der Waals surface area contributed by atoms with Gasteiger partial charge in [0.1, 0.15) is 12.4 Å². The Labute approximate surface area is 137 Å². The van der Waals surface area contributed by atoms with E-state index in [1.54, 1.807) is 18.2 Å². The fourth-order valence-corrected chi connectivity index (χ4v) is 2.19. The van der Waals surface area contributed by atoms with Crippen molar-refractivity contribution in [2.75, 3.05) is 6.54 Å². The van der Waals surface area contributed by atoms with Crippen LogP contribution in [-0.4, -0.2) is 38.7 Å². The highest BCUT2D eigenvalue weighted by atomic mass is 35.5. The number of rotatable bonds is 4. The minimum absolute atomic E-state index is 0. The van der Waals surface area contributed by atoms with Crippen LogP contribution in [0.25, 0.3) is 5.69 Å². The quantitative estimate of drug-likeness (QED) is 0.785. The third kappa shape index (κ3) is 3.54. The van der Waals surface area contributed by atoms with E-state index in [4.69, 9.17) is 11.6 Å². The number of benzene rings is 1. The van der Waals surface area contributed by atoms with E-state index < -0.39 is 6.04 Å². The number of hydrogen-bond acceptors (Lipinski definition) is 5. The van der Waals surface area contributed by atoms with E-state index in [0.717, 1.165) is 11.3 Å². The lowest BCUT2D eigenvalue weighted by molar-refractivity contribution is -0.121. The Bertz CT molecular complexity index is 722. The van der Waals surface area contributed by atoms with Gasteiger partial charge < -0.3 is 5.32 Å². The van der Waals surface area contributed by atoms with E-state index >= 15 is 0 Å². The van der Waals surface area contributed by atoms with Gasteiger partial charge in [-0.05, 0) is 34.2 Å². The molecule has 2 N–H and O–H groups in total. The average Bonchev–Trinajstić information content (AvgIpc) is 3.17. The number of nitrogens with one attached hydrogen (secondary N) is 2. The van der Waals surface area contributed by atoms with Crippen LogP contribution in [0, 0.1) is 11.8 Å². The van der Waals surface area contributed by atoms with Gasteiger partial charge in [-0.2, -0.15) is 0 Å². The zero-order chi connectivity index (χ0) is 14.7. The van der Waals surface area contributed by atoms with Crippen molar-refractivity contribution < 1.29 is 4.79 Å². The van der Waals surface area contributed by atoms with E-state index in [2.05, 4.69) is 38.0 Å². The molecule has 114 valence electrons. The van der Waals surface area contributed by atoms with Crippen LogP contribution in [0.1, 0.15) is 5.56 Å². The first-order chi connectivity index (χ1) is 10.2. The Morgan fingerprint density at radius 3 is 3.09 bits per heavy atom. The summed E-state index contributed by atoms with van der Waals surface area (Å²) in [5, 5.41) is 17.4. The number of tetrazole rings is 1. The van der Waals surface area contributed by atoms with Crippen molar-refractivity contribution >= 4 is 29.9 Å². The lowest BCUT2D eigenvalue weighted by Gasteiger charge is -2.12. The number of aromatic nitrogens is 4. The molecule has 0 spiro atoms. The molecular formula is C13H12Cl2N6O. The first kappa shape index (κ1) is 16.2. The maximum atomic E-state index is 11.9. The minimum Gasteiger partial charge on any atom is -0.350 e. The lowest BCUT2D eigenvalue weighted by Crippen LogP contribution is -2.40. The second-order valence-corrected chi connectivity index (χ2v) is 4.82. The first-order valence-electron chi connectivity index (χ1n) is 6.25. The monoisotopic (exact) mass is 338 g/mol. The summed E-state index contributed by atoms with van der Waals surface area (Å²) in [6.07, 6.45) is 1.48. The second kappa shape index (κ2) is 7.22. The molecule has 0 fully saturated rings. The Balaban J connectivity index is 0.00000176. The number of nitrogens with zero attached hydrogens (tertiary/aromatic N) is 4. The second-order valence-electron chi connectivity index (χ2n) is 4.38. The molecule has 7 nitrogen and oxygen atoms in total. The third-order valence-electron chi connectivity index (χ3n) is 2.99. The Morgan fingerprint density at radius 1 is 1.55 bits per heavy atom. The molecule has 1 amide bonds. The minimum atomic E-state index is -0.458. The first-order valence-corrected chi connectivity index (χ1v) is 6.63. The zero-order valence-corrected chi connectivity index (χ0v) is 12.9. The van der Waals surface area contributed by atoms with Crippen LogP contribution in [0.2, 0.25) is 5.02 Å². The molecule has 1 aliphatic rings. The number of carbonyl (C=O) groups excluding carboxylic acids is 1. The normalized spacial score (nSPS) is 15.6. The molecule has 0 saturated carbocycles. The Hall–Kier alpha value is -2.14. The molecule has 1 aromatic heterocycles. The van der Waals surface area contributed by atoms with Crippen LogP contribution in [0.4, 0.5) is 0 Å². The summed E-state index contributed by atoms with van der Waals surface area (Å²) in [5.74, 6) is 5.47. The van der Waals surface area contributed by atoms with Crippen LogP contribution in [0.15, 0.2) is 24.5 Å². The SMILES string of the molecule is Cl.O=C(NCc1cc(Cl)ccc1-n1cnnn1)C1C#CCN1. The summed E-state index contributed by atoms with van der Waals surface area (Å²) in [5.41, 5.74) is 1.57. The fraction of sp³-hybridized carbons (Fsp3) is 0.231. The van der Waals surface area contributed by atoms with E-state index in [9.17, 15) is 4.79 Å². The number of carbonyl (C=O) groups is 1. The summed E-state index contributed by atoms with van der Waals surface area (Å²) < 4.78 is 1.52. The number of halogens is 2. The topological polar surface area (TPSA) is 84.7 Å². The molecule has 0 radical (unpaired) electrons. The van der Waals surface area contributed by atoms with Gasteiger partial charge in [-0.3, -0.25) is 10.1 Å². The maximum absolute atomic E-state index is 11.9. The van der Waals surface area contributed by atoms with E-state index in [-0.39, 0.29) is 18.3 Å². The molecule has 0 saturated heterocycles. The molecule has 0 aliphatic carbocycles. The van der Waals surface area contributed by atoms with Crippen LogP contribution >= 0.6 is 24.0 Å². The largest absolute Gasteiger partial charge is 0.350 e. The van der Waals surface area contributed by atoms with Crippen molar-refractivity contribution in [1.29, 1.82) is 0 Å². The molecule has 22 heavy (non-hydrogen) atoms. The predicted molar refractivity (Wildman–Crippen MR) is 82.8 cm³/mol. The fourth-order valence-electron chi connectivity index (χ4n) is 1.99. The van der Waals surface area contributed by atoms with E-state index in [0.29, 0.717) is 18.1 Å². The predicted octanol–water partition coefficient (Wildman–Crippen LogP) is 0.329. The number of hydrogen-bond donors (Lipinski definition) is 2. The molecule has 2 heterocycles. The molecule has 1 unspecified atom stereocenters. The molecule has 1 aliphatic heterocycles. The van der Waals surface area contributed by atoms with Crippen LogP contribution < -0.4 is 10.6 Å². The maximum Gasteiger partial charge on any atom is 0.249 e. The molecule has 1 atom stereocenters. The summed E-state index contributed by atoms with van der Waals surface area (Å²) >= 11 is 6.01. The highest BCUT2D eigenvalue weighted by Crippen LogP contribution is 2.18. The van der Waals surface area contributed by atoms with Crippen molar-refractivity contribution in [3.63, 3.8) is 0 Å². The number of amides is 1. The standard InChI is InChI=1S/C13H11ClN6O.ClH/c14-10-3-4-12(20-8-17-18-19-20)9(6-10)7-16-13(21)11-2-1-5-15-11;/h3-4,6,8,11,15H,5,7H2,(H,16,21);1H. The molecule has 2 aromatic rings.